The molecule has 0 saturated carbocycles. The molecule has 1 amide bonds. The first-order valence-electron chi connectivity index (χ1n) is 9.52. The van der Waals surface area contributed by atoms with Crippen molar-refractivity contribution in [3.63, 3.8) is 0 Å². The number of hydrogen-bond acceptors (Lipinski definition) is 5. The lowest BCUT2D eigenvalue weighted by Crippen LogP contribution is -2.26. The van der Waals surface area contributed by atoms with Gasteiger partial charge in [0, 0.05) is 11.9 Å². The van der Waals surface area contributed by atoms with E-state index in [4.69, 9.17) is 4.74 Å². The van der Waals surface area contributed by atoms with Crippen LogP contribution in [0, 0.1) is 6.92 Å². The van der Waals surface area contributed by atoms with Crippen LogP contribution in [0.3, 0.4) is 0 Å². The van der Waals surface area contributed by atoms with E-state index in [1.165, 1.54) is 11.4 Å². The van der Waals surface area contributed by atoms with Crippen LogP contribution in [0.1, 0.15) is 5.56 Å². The van der Waals surface area contributed by atoms with E-state index in [1.54, 1.807) is 60.3 Å². The van der Waals surface area contributed by atoms with Crippen molar-refractivity contribution in [2.45, 2.75) is 16.7 Å². The molecule has 31 heavy (non-hydrogen) atoms. The molecule has 0 aromatic heterocycles. The first kappa shape index (κ1) is 22.7. The van der Waals surface area contributed by atoms with Crippen molar-refractivity contribution in [2.24, 2.45) is 0 Å². The van der Waals surface area contributed by atoms with Crippen LogP contribution in [0.25, 0.3) is 0 Å². The molecule has 0 unspecified atom stereocenters. The number of carbonyl (C=O) groups excluding carboxylic acids is 1. The largest absolute Gasteiger partial charge is 0.484 e. The van der Waals surface area contributed by atoms with E-state index >= 15 is 0 Å². The molecule has 0 spiro atoms. The second kappa shape index (κ2) is 9.89. The minimum absolute atomic E-state index is 0.153. The van der Waals surface area contributed by atoms with Crippen molar-refractivity contribution >= 4 is 39.1 Å². The van der Waals surface area contributed by atoms with Gasteiger partial charge in [0.1, 0.15) is 5.75 Å². The van der Waals surface area contributed by atoms with Crippen molar-refractivity contribution in [2.75, 3.05) is 29.5 Å². The number of carbonyl (C=O) groups is 1. The summed E-state index contributed by atoms with van der Waals surface area (Å²) in [6, 6.07) is 20.8. The SMILES string of the molecule is CSc1ccccc1NC(=O)COc1ccc(N(C)S(=O)(=O)c2ccc(C)cc2)cc1. The maximum Gasteiger partial charge on any atom is 0.264 e. The topological polar surface area (TPSA) is 75.7 Å². The molecule has 0 atom stereocenters. The molecule has 3 aromatic rings. The number of anilines is 2. The molecular formula is C23H24N2O4S2. The normalized spacial score (nSPS) is 11.1. The van der Waals surface area contributed by atoms with Crippen molar-refractivity contribution < 1.29 is 17.9 Å². The third-order valence-electron chi connectivity index (χ3n) is 4.63. The highest BCUT2D eigenvalue weighted by molar-refractivity contribution is 7.98. The van der Waals surface area contributed by atoms with E-state index in [9.17, 15) is 13.2 Å². The average molecular weight is 457 g/mol. The zero-order valence-corrected chi connectivity index (χ0v) is 19.2. The van der Waals surface area contributed by atoms with Gasteiger partial charge in [0.05, 0.1) is 16.3 Å². The third-order valence-corrected chi connectivity index (χ3v) is 7.23. The molecule has 0 aliphatic carbocycles. The number of nitrogens with zero attached hydrogens (tertiary/aromatic N) is 1. The summed E-state index contributed by atoms with van der Waals surface area (Å²) in [4.78, 5) is 13.4. The zero-order chi connectivity index (χ0) is 22.4. The smallest absolute Gasteiger partial charge is 0.264 e. The third kappa shape index (κ3) is 5.59. The fourth-order valence-electron chi connectivity index (χ4n) is 2.84. The molecule has 0 fully saturated rings. The molecule has 0 radical (unpaired) electrons. The van der Waals surface area contributed by atoms with Crippen LogP contribution in [0.15, 0.2) is 82.6 Å². The predicted molar refractivity (Wildman–Crippen MR) is 126 cm³/mol. The Balaban J connectivity index is 1.62. The van der Waals surface area contributed by atoms with Crippen LogP contribution in [0.5, 0.6) is 5.75 Å². The van der Waals surface area contributed by atoms with E-state index in [0.29, 0.717) is 11.4 Å². The Bertz CT molecular complexity index is 1140. The van der Waals surface area contributed by atoms with Crippen LogP contribution < -0.4 is 14.4 Å². The number of benzene rings is 3. The van der Waals surface area contributed by atoms with E-state index < -0.39 is 10.0 Å². The lowest BCUT2D eigenvalue weighted by atomic mass is 10.2. The maximum atomic E-state index is 12.8. The van der Waals surface area contributed by atoms with Crippen LogP contribution in [0.2, 0.25) is 0 Å². The van der Waals surface area contributed by atoms with Gasteiger partial charge in [0.2, 0.25) is 0 Å². The van der Waals surface area contributed by atoms with Gasteiger partial charge < -0.3 is 10.1 Å². The fourth-order valence-corrected chi connectivity index (χ4v) is 4.59. The number of amides is 1. The quantitative estimate of drug-likeness (QED) is 0.503. The molecule has 1 N–H and O–H groups in total. The number of aryl methyl sites for hydroxylation is 1. The highest BCUT2D eigenvalue weighted by atomic mass is 32.2. The Labute approximate surface area is 187 Å². The van der Waals surface area contributed by atoms with Crippen LogP contribution in [-0.2, 0) is 14.8 Å². The zero-order valence-electron chi connectivity index (χ0n) is 17.5. The number of ether oxygens (including phenoxy) is 1. The predicted octanol–water partition coefficient (Wildman–Crippen LogP) is 4.56. The summed E-state index contributed by atoms with van der Waals surface area (Å²) in [7, 11) is -2.16. The van der Waals surface area contributed by atoms with Gasteiger partial charge in [-0.2, -0.15) is 0 Å². The van der Waals surface area contributed by atoms with E-state index in [1.807, 2.05) is 37.4 Å². The highest BCUT2D eigenvalue weighted by Gasteiger charge is 2.21. The number of para-hydroxylation sites is 1. The van der Waals surface area contributed by atoms with Gasteiger partial charge in [0.25, 0.3) is 15.9 Å². The van der Waals surface area contributed by atoms with Crippen molar-refractivity contribution in [1.29, 1.82) is 0 Å². The lowest BCUT2D eigenvalue weighted by Gasteiger charge is -2.20. The number of hydrogen-bond donors (Lipinski definition) is 1. The Morgan fingerprint density at radius 2 is 1.65 bits per heavy atom. The molecule has 8 heteroatoms. The lowest BCUT2D eigenvalue weighted by molar-refractivity contribution is -0.118. The molecule has 3 rings (SSSR count). The molecule has 0 aliphatic rings. The number of rotatable bonds is 8. The van der Waals surface area contributed by atoms with E-state index in [0.717, 1.165) is 16.1 Å². The Morgan fingerprint density at radius 1 is 1.00 bits per heavy atom. The molecule has 0 heterocycles. The summed E-state index contributed by atoms with van der Waals surface area (Å²) in [6.07, 6.45) is 1.94. The molecule has 3 aromatic carbocycles. The monoisotopic (exact) mass is 456 g/mol. The molecule has 0 saturated heterocycles. The Hall–Kier alpha value is -2.97. The molecular weight excluding hydrogens is 432 g/mol. The second-order valence-corrected chi connectivity index (χ2v) is 9.63. The standard InChI is InChI=1S/C23H24N2O4S2/c1-17-8-14-20(15-9-17)31(27,28)25(2)18-10-12-19(13-11-18)29-16-23(26)24-21-6-4-5-7-22(21)30-3/h4-15H,16H2,1-3H3,(H,24,26). The van der Waals surface area contributed by atoms with Gasteiger partial charge in [-0.25, -0.2) is 8.42 Å². The van der Waals surface area contributed by atoms with Gasteiger partial charge in [0.15, 0.2) is 6.61 Å². The van der Waals surface area contributed by atoms with Gasteiger partial charge >= 0.3 is 0 Å². The van der Waals surface area contributed by atoms with Crippen LogP contribution >= 0.6 is 11.8 Å². The number of nitrogens with one attached hydrogen (secondary N) is 1. The minimum atomic E-state index is -3.66. The number of sulfonamides is 1. The van der Waals surface area contributed by atoms with Crippen molar-refractivity contribution in [3.8, 4) is 5.75 Å². The summed E-state index contributed by atoms with van der Waals surface area (Å²) in [5, 5.41) is 2.83. The minimum Gasteiger partial charge on any atom is -0.484 e. The Kier molecular flexibility index (Phi) is 7.25. The van der Waals surface area contributed by atoms with Gasteiger partial charge in [-0.3, -0.25) is 9.10 Å². The van der Waals surface area contributed by atoms with Crippen molar-refractivity contribution in [1.82, 2.24) is 0 Å². The van der Waals surface area contributed by atoms with Crippen LogP contribution in [-0.4, -0.2) is 34.2 Å². The maximum absolute atomic E-state index is 12.8. The molecule has 6 nitrogen and oxygen atoms in total. The first-order valence-corrected chi connectivity index (χ1v) is 12.2. The molecule has 162 valence electrons. The van der Waals surface area contributed by atoms with E-state index in [-0.39, 0.29) is 17.4 Å². The molecule has 0 bridgehead atoms. The number of thioether (sulfide) groups is 1. The second-order valence-electron chi connectivity index (χ2n) is 6.82. The first-order chi connectivity index (χ1) is 14.8. The van der Waals surface area contributed by atoms with E-state index in [2.05, 4.69) is 5.32 Å². The molecule has 0 aliphatic heterocycles. The average Bonchev–Trinajstić information content (AvgIpc) is 2.78. The Morgan fingerprint density at radius 3 is 2.29 bits per heavy atom. The van der Waals surface area contributed by atoms with Gasteiger partial charge in [-0.15, -0.1) is 11.8 Å². The fraction of sp³-hybridized carbons (Fsp3) is 0.174. The summed E-state index contributed by atoms with van der Waals surface area (Å²) in [5.41, 5.74) is 2.22. The van der Waals surface area contributed by atoms with Gasteiger partial charge in [-0.05, 0) is 61.7 Å². The summed E-state index contributed by atoms with van der Waals surface area (Å²) in [5.74, 6) is 0.197. The van der Waals surface area contributed by atoms with Crippen LogP contribution in [0.4, 0.5) is 11.4 Å². The summed E-state index contributed by atoms with van der Waals surface area (Å²) >= 11 is 1.55. The highest BCUT2D eigenvalue weighted by Crippen LogP contribution is 2.26. The summed E-state index contributed by atoms with van der Waals surface area (Å²) < 4.78 is 32.4. The van der Waals surface area contributed by atoms with Gasteiger partial charge in [-0.1, -0.05) is 29.8 Å². The summed E-state index contributed by atoms with van der Waals surface area (Å²) in [6.45, 7) is 1.75. The van der Waals surface area contributed by atoms with Crippen molar-refractivity contribution in [3.05, 3.63) is 78.4 Å².